The third kappa shape index (κ3) is 4.43. The van der Waals surface area contributed by atoms with E-state index >= 15 is 0 Å². The fourth-order valence-electron chi connectivity index (χ4n) is 3.99. The van der Waals surface area contributed by atoms with Crippen LogP contribution >= 0.6 is 11.9 Å². The van der Waals surface area contributed by atoms with Gasteiger partial charge in [0.05, 0.1) is 12.2 Å². The molecule has 1 atom stereocenters. The van der Waals surface area contributed by atoms with Crippen molar-refractivity contribution >= 4 is 23.8 Å². The van der Waals surface area contributed by atoms with E-state index < -0.39 is 12.7 Å². The van der Waals surface area contributed by atoms with Gasteiger partial charge < -0.3 is 14.5 Å². The Morgan fingerprint density at radius 3 is 2.42 bits per heavy atom. The lowest BCUT2D eigenvalue weighted by Crippen LogP contribution is -2.51. The van der Waals surface area contributed by atoms with Gasteiger partial charge in [-0.3, -0.25) is 9.59 Å². The first-order valence-corrected chi connectivity index (χ1v) is 11.2. The van der Waals surface area contributed by atoms with E-state index in [1.165, 1.54) is 24.1 Å². The van der Waals surface area contributed by atoms with E-state index in [0.717, 1.165) is 21.7 Å². The van der Waals surface area contributed by atoms with Crippen molar-refractivity contribution in [2.45, 2.75) is 37.1 Å². The van der Waals surface area contributed by atoms with Gasteiger partial charge in [0.2, 0.25) is 5.91 Å². The van der Waals surface area contributed by atoms with Crippen molar-refractivity contribution in [1.29, 1.82) is 0 Å². The highest BCUT2D eigenvalue weighted by atomic mass is 32.2. The third-order valence-electron chi connectivity index (χ3n) is 5.67. The van der Waals surface area contributed by atoms with E-state index in [0.29, 0.717) is 26.1 Å². The van der Waals surface area contributed by atoms with Crippen molar-refractivity contribution in [2.75, 3.05) is 6.54 Å². The van der Waals surface area contributed by atoms with Gasteiger partial charge in [-0.1, -0.05) is 30.3 Å². The van der Waals surface area contributed by atoms with Crippen molar-refractivity contribution in [3.63, 3.8) is 0 Å². The third-order valence-corrected chi connectivity index (χ3v) is 6.52. The lowest BCUT2D eigenvalue weighted by atomic mass is 10.00. The van der Waals surface area contributed by atoms with Crippen LogP contribution in [0.15, 0.2) is 65.7 Å². The second-order valence-electron chi connectivity index (χ2n) is 7.79. The summed E-state index contributed by atoms with van der Waals surface area (Å²) in [4.78, 5) is 29.7. The second kappa shape index (κ2) is 8.86. The first-order valence-electron chi connectivity index (χ1n) is 10.4. The van der Waals surface area contributed by atoms with Gasteiger partial charge in [-0.15, -0.1) is 0 Å². The number of hydrogen-bond donors (Lipinski definition) is 0. The minimum Gasteiger partial charge on any atom is -0.435 e. The average Bonchev–Trinajstić information content (AvgIpc) is 3.36. The molecule has 1 aromatic heterocycles. The van der Waals surface area contributed by atoms with Crippen molar-refractivity contribution in [3.05, 3.63) is 77.6 Å². The molecule has 0 saturated carbocycles. The molecule has 0 radical (unpaired) electrons. The first-order chi connectivity index (χ1) is 16.0. The Kier molecular flexibility index (Phi) is 5.76. The summed E-state index contributed by atoms with van der Waals surface area (Å²) in [6.45, 7) is -1.49. The number of β-lactam (4-membered cyclic amide) rings is 1. The van der Waals surface area contributed by atoms with Crippen LogP contribution in [0.1, 0.15) is 29.3 Å². The SMILES string of the molecule is O=C(C(c1ccccc1)N1CCC1=O)N1Cc2cn(Sc3ccc(OC(F)F)cc3)nc2C1. The molecule has 2 aliphatic rings. The molecule has 0 aliphatic carbocycles. The minimum atomic E-state index is -2.86. The van der Waals surface area contributed by atoms with E-state index in [1.54, 1.807) is 26.0 Å². The molecule has 2 aliphatic heterocycles. The lowest BCUT2D eigenvalue weighted by molar-refractivity contribution is -0.153. The number of rotatable bonds is 7. The number of carbonyl (C=O) groups excluding carboxylic acids is 2. The molecule has 1 unspecified atom stereocenters. The Morgan fingerprint density at radius 1 is 1.06 bits per heavy atom. The zero-order valence-electron chi connectivity index (χ0n) is 17.4. The van der Waals surface area contributed by atoms with Gasteiger partial charge in [-0.2, -0.15) is 13.9 Å². The van der Waals surface area contributed by atoms with Crippen LogP contribution in [0.5, 0.6) is 5.75 Å². The monoisotopic (exact) mass is 470 g/mol. The molecular weight excluding hydrogens is 450 g/mol. The summed E-state index contributed by atoms with van der Waals surface area (Å²) in [5.41, 5.74) is 2.55. The van der Waals surface area contributed by atoms with Gasteiger partial charge in [0, 0.05) is 48.1 Å². The van der Waals surface area contributed by atoms with Crippen LogP contribution in [-0.4, -0.2) is 44.0 Å². The normalized spacial score (nSPS) is 16.0. The number of aromatic nitrogens is 2. The van der Waals surface area contributed by atoms with Gasteiger partial charge in [-0.05, 0) is 29.8 Å². The van der Waals surface area contributed by atoms with Crippen LogP contribution < -0.4 is 4.74 Å². The fourth-order valence-corrected chi connectivity index (χ4v) is 4.78. The van der Waals surface area contributed by atoms with Crippen LogP contribution in [-0.2, 0) is 22.7 Å². The molecule has 0 N–H and O–H groups in total. The summed E-state index contributed by atoms with van der Waals surface area (Å²) in [7, 11) is 0. The second-order valence-corrected chi connectivity index (χ2v) is 8.82. The van der Waals surface area contributed by atoms with Crippen molar-refractivity contribution in [2.24, 2.45) is 0 Å². The standard InChI is InChI=1S/C23H20F2N4O3S/c24-23(25)32-17-6-8-18(9-7-17)33-29-13-16-12-27(14-19(16)26-29)22(31)21(28-11-10-20(28)30)15-4-2-1-3-5-15/h1-9,13,21,23H,10-12,14H2. The summed E-state index contributed by atoms with van der Waals surface area (Å²) in [6, 6.07) is 15.1. The molecule has 2 amide bonds. The van der Waals surface area contributed by atoms with Crippen molar-refractivity contribution < 1.29 is 23.1 Å². The number of benzene rings is 2. The number of amides is 2. The van der Waals surface area contributed by atoms with E-state index in [2.05, 4.69) is 9.84 Å². The number of alkyl halides is 2. The Morgan fingerprint density at radius 2 is 1.82 bits per heavy atom. The molecule has 5 rings (SSSR count). The molecule has 3 aromatic rings. The fraction of sp³-hybridized carbons (Fsp3) is 0.261. The average molecular weight is 471 g/mol. The number of carbonyl (C=O) groups is 2. The zero-order chi connectivity index (χ0) is 22.9. The largest absolute Gasteiger partial charge is 0.435 e. The van der Waals surface area contributed by atoms with Gasteiger partial charge in [-0.25, -0.2) is 4.09 Å². The van der Waals surface area contributed by atoms with Crippen LogP contribution in [0.4, 0.5) is 8.78 Å². The summed E-state index contributed by atoms with van der Waals surface area (Å²) in [5.74, 6) is -0.0260. The smallest absolute Gasteiger partial charge is 0.387 e. The van der Waals surface area contributed by atoms with Gasteiger partial charge in [0.1, 0.15) is 11.8 Å². The van der Waals surface area contributed by atoms with E-state index in [9.17, 15) is 18.4 Å². The Labute approximate surface area is 193 Å². The molecule has 0 spiro atoms. The van der Waals surface area contributed by atoms with Crippen LogP contribution in [0.3, 0.4) is 0 Å². The van der Waals surface area contributed by atoms with Crippen LogP contribution in [0, 0.1) is 0 Å². The number of halogens is 2. The van der Waals surface area contributed by atoms with E-state index in [4.69, 9.17) is 0 Å². The molecule has 7 nitrogen and oxygen atoms in total. The van der Waals surface area contributed by atoms with Crippen molar-refractivity contribution in [1.82, 2.24) is 19.0 Å². The Hall–Kier alpha value is -3.40. The number of ether oxygens (including phenoxy) is 1. The maximum absolute atomic E-state index is 13.4. The number of likely N-dealkylation sites (tertiary alicyclic amines) is 1. The number of hydrogen-bond acceptors (Lipinski definition) is 5. The van der Waals surface area contributed by atoms with Gasteiger partial charge in [0.25, 0.3) is 5.91 Å². The topological polar surface area (TPSA) is 67.7 Å². The van der Waals surface area contributed by atoms with Gasteiger partial charge in [0.15, 0.2) is 0 Å². The highest BCUT2D eigenvalue weighted by Gasteiger charge is 2.40. The highest BCUT2D eigenvalue weighted by molar-refractivity contribution is 7.97. The zero-order valence-corrected chi connectivity index (χ0v) is 18.3. The van der Waals surface area contributed by atoms with E-state index in [1.807, 2.05) is 36.5 Å². The predicted molar refractivity (Wildman–Crippen MR) is 116 cm³/mol. The Balaban J connectivity index is 1.26. The maximum atomic E-state index is 13.4. The summed E-state index contributed by atoms with van der Waals surface area (Å²) in [5, 5.41) is 4.57. The highest BCUT2D eigenvalue weighted by Crippen LogP contribution is 2.33. The quantitative estimate of drug-likeness (QED) is 0.491. The molecule has 3 heterocycles. The van der Waals surface area contributed by atoms with Gasteiger partial charge >= 0.3 is 6.61 Å². The lowest BCUT2D eigenvalue weighted by Gasteiger charge is -2.39. The summed E-state index contributed by atoms with van der Waals surface area (Å²) < 4.78 is 30.6. The predicted octanol–water partition coefficient (Wildman–Crippen LogP) is 3.86. The molecule has 170 valence electrons. The molecule has 1 fully saturated rings. The summed E-state index contributed by atoms with van der Waals surface area (Å²) in [6.07, 6.45) is 2.33. The minimum absolute atomic E-state index is 0.0132. The molecular formula is C23H20F2N4O3S. The van der Waals surface area contributed by atoms with Crippen LogP contribution in [0.25, 0.3) is 0 Å². The van der Waals surface area contributed by atoms with Crippen molar-refractivity contribution in [3.8, 4) is 5.75 Å². The number of nitrogens with zero attached hydrogens (tertiary/aromatic N) is 4. The molecule has 1 saturated heterocycles. The number of fused-ring (bicyclic) bond motifs is 1. The van der Waals surface area contributed by atoms with E-state index in [-0.39, 0.29) is 17.6 Å². The van der Waals surface area contributed by atoms with Crippen LogP contribution in [0.2, 0.25) is 0 Å². The Bertz CT molecular complexity index is 1150. The maximum Gasteiger partial charge on any atom is 0.387 e. The molecule has 33 heavy (non-hydrogen) atoms. The molecule has 10 heteroatoms. The molecule has 2 aromatic carbocycles. The summed E-state index contributed by atoms with van der Waals surface area (Å²) >= 11 is 1.34. The first kappa shape index (κ1) is 21.4. The molecule has 0 bridgehead atoms.